The van der Waals surface area contributed by atoms with E-state index in [1.807, 2.05) is 30.3 Å². The highest BCUT2D eigenvalue weighted by Crippen LogP contribution is 2.33. The van der Waals surface area contributed by atoms with Crippen molar-refractivity contribution in [3.8, 4) is 0 Å². The van der Waals surface area contributed by atoms with Crippen LogP contribution in [-0.4, -0.2) is 12.5 Å². The molecule has 104 valence electrons. The van der Waals surface area contributed by atoms with E-state index in [4.69, 9.17) is 23.2 Å². The van der Waals surface area contributed by atoms with Crippen LogP contribution < -0.4 is 10.6 Å². The number of benzene rings is 2. The lowest BCUT2D eigenvalue weighted by molar-refractivity contribution is -0.114. The van der Waals surface area contributed by atoms with Gasteiger partial charge in [-0.1, -0.05) is 57.3 Å². The van der Waals surface area contributed by atoms with Gasteiger partial charge in [0.1, 0.15) is 0 Å². The third-order valence-corrected chi connectivity index (χ3v) is 3.55. The molecule has 20 heavy (non-hydrogen) atoms. The summed E-state index contributed by atoms with van der Waals surface area (Å²) < 4.78 is 0.757. The van der Waals surface area contributed by atoms with E-state index >= 15 is 0 Å². The first-order valence-corrected chi connectivity index (χ1v) is 7.34. The second kappa shape index (κ2) is 6.97. The van der Waals surface area contributed by atoms with Gasteiger partial charge in [0.25, 0.3) is 0 Å². The number of nitrogens with one attached hydrogen (secondary N) is 2. The van der Waals surface area contributed by atoms with Gasteiger partial charge in [0.15, 0.2) is 0 Å². The topological polar surface area (TPSA) is 41.1 Å². The lowest BCUT2D eigenvalue weighted by Gasteiger charge is -2.11. The van der Waals surface area contributed by atoms with Crippen LogP contribution in [0, 0.1) is 0 Å². The number of hydrogen-bond donors (Lipinski definition) is 2. The van der Waals surface area contributed by atoms with Gasteiger partial charge in [0.2, 0.25) is 5.91 Å². The van der Waals surface area contributed by atoms with Crippen molar-refractivity contribution in [2.45, 2.75) is 0 Å². The lowest BCUT2D eigenvalue weighted by atomic mass is 10.3. The number of amides is 1. The molecular weight excluding hydrogens is 363 g/mol. The zero-order chi connectivity index (χ0) is 14.5. The SMILES string of the molecule is O=C(CNc1ccccc1)Nc1c(Cl)cc(Br)cc1Cl. The molecule has 0 heterocycles. The molecular formula is C14H11BrCl2N2O. The summed E-state index contributed by atoms with van der Waals surface area (Å²) in [7, 11) is 0. The molecule has 2 rings (SSSR count). The highest BCUT2D eigenvalue weighted by atomic mass is 79.9. The van der Waals surface area contributed by atoms with Gasteiger partial charge < -0.3 is 10.6 Å². The molecule has 0 bridgehead atoms. The Balaban J connectivity index is 1.98. The first-order chi connectivity index (χ1) is 9.56. The number of anilines is 2. The van der Waals surface area contributed by atoms with Crippen molar-refractivity contribution in [1.29, 1.82) is 0 Å². The Kier molecular flexibility index (Phi) is 5.29. The minimum Gasteiger partial charge on any atom is -0.376 e. The van der Waals surface area contributed by atoms with Crippen molar-refractivity contribution < 1.29 is 4.79 Å². The van der Waals surface area contributed by atoms with Gasteiger partial charge in [-0.25, -0.2) is 0 Å². The van der Waals surface area contributed by atoms with Crippen molar-refractivity contribution in [1.82, 2.24) is 0 Å². The molecule has 0 radical (unpaired) electrons. The third-order valence-electron chi connectivity index (χ3n) is 2.50. The average Bonchev–Trinajstić information content (AvgIpc) is 2.42. The summed E-state index contributed by atoms with van der Waals surface area (Å²) in [6, 6.07) is 12.8. The maximum Gasteiger partial charge on any atom is 0.243 e. The summed E-state index contributed by atoms with van der Waals surface area (Å²) >= 11 is 15.4. The van der Waals surface area contributed by atoms with Crippen molar-refractivity contribution in [3.63, 3.8) is 0 Å². The van der Waals surface area contributed by atoms with Gasteiger partial charge in [0.05, 0.1) is 22.3 Å². The van der Waals surface area contributed by atoms with Crippen molar-refractivity contribution in [2.24, 2.45) is 0 Å². The fourth-order valence-electron chi connectivity index (χ4n) is 1.58. The number of rotatable bonds is 4. The predicted octanol–water partition coefficient (Wildman–Crippen LogP) is 4.81. The van der Waals surface area contributed by atoms with Gasteiger partial charge in [-0.2, -0.15) is 0 Å². The maximum absolute atomic E-state index is 11.9. The van der Waals surface area contributed by atoms with E-state index in [1.165, 1.54) is 0 Å². The molecule has 0 saturated carbocycles. The number of carbonyl (C=O) groups is 1. The van der Waals surface area contributed by atoms with Gasteiger partial charge in [-0.15, -0.1) is 0 Å². The Bertz CT molecular complexity index is 597. The van der Waals surface area contributed by atoms with Gasteiger partial charge in [-0.3, -0.25) is 4.79 Å². The molecule has 2 aromatic rings. The van der Waals surface area contributed by atoms with E-state index < -0.39 is 0 Å². The molecule has 0 aliphatic heterocycles. The average molecular weight is 374 g/mol. The van der Waals surface area contributed by atoms with E-state index in [9.17, 15) is 4.79 Å². The zero-order valence-electron chi connectivity index (χ0n) is 10.3. The van der Waals surface area contributed by atoms with E-state index in [0.717, 1.165) is 10.2 Å². The number of carbonyl (C=O) groups excluding carboxylic acids is 1. The first kappa shape index (κ1) is 15.2. The van der Waals surface area contributed by atoms with Crippen molar-refractivity contribution in [3.05, 3.63) is 57.0 Å². The molecule has 0 aliphatic carbocycles. The van der Waals surface area contributed by atoms with Crippen LogP contribution in [0.5, 0.6) is 0 Å². The van der Waals surface area contributed by atoms with Crippen LogP contribution in [0.2, 0.25) is 10.0 Å². The molecule has 2 aromatic carbocycles. The van der Waals surface area contributed by atoms with Crippen LogP contribution in [0.15, 0.2) is 46.9 Å². The Labute approximate surface area is 135 Å². The minimum atomic E-state index is -0.222. The molecule has 1 amide bonds. The molecule has 0 aromatic heterocycles. The first-order valence-electron chi connectivity index (χ1n) is 5.79. The largest absolute Gasteiger partial charge is 0.376 e. The van der Waals surface area contributed by atoms with E-state index in [-0.39, 0.29) is 12.5 Å². The fraction of sp³-hybridized carbons (Fsp3) is 0.0714. The van der Waals surface area contributed by atoms with Gasteiger partial charge in [0, 0.05) is 10.2 Å². The Hall–Kier alpha value is -1.23. The number of para-hydroxylation sites is 1. The molecule has 0 atom stereocenters. The van der Waals surface area contributed by atoms with Crippen LogP contribution in [0.4, 0.5) is 11.4 Å². The standard InChI is InChI=1S/C14H11BrCl2N2O/c15-9-6-11(16)14(12(17)7-9)19-13(20)8-18-10-4-2-1-3-5-10/h1-7,18H,8H2,(H,19,20). The van der Waals surface area contributed by atoms with Crippen LogP contribution in [0.1, 0.15) is 0 Å². The van der Waals surface area contributed by atoms with Gasteiger partial charge >= 0.3 is 0 Å². The Morgan fingerprint density at radius 1 is 1.10 bits per heavy atom. The number of hydrogen-bond acceptors (Lipinski definition) is 2. The lowest BCUT2D eigenvalue weighted by Crippen LogP contribution is -2.22. The Morgan fingerprint density at radius 2 is 1.70 bits per heavy atom. The van der Waals surface area contributed by atoms with Crippen LogP contribution in [0.25, 0.3) is 0 Å². The normalized spacial score (nSPS) is 10.2. The predicted molar refractivity (Wildman–Crippen MR) is 87.7 cm³/mol. The third kappa shape index (κ3) is 4.13. The summed E-state index contributed by atoms with van der Waals surface area (Å²) in [5.74, 6) is -0.222. The maximum atomic E-state index is 11.9. The van der Waals surface area contributed by atoms with Crippen molar-refractivity contribution >= 4 is 56.4 Å². The number of halogens is 3. The van der Waals surface area contributed by atoms with Crippen molar-refractivity contribution in [2.75, 3.05) is 17.2 Å². The molecule has 0 fully saturated rings. The summed E-state index contributed by atoms with van der Waals surface area (Å²) in [4.78, 5) is 11.9. The Morgan fingerprint density at radius 3 is 2.30 bits per heavy atom. The molecule has 3 nitrogen and oxygen atoms in total. The monoisotopic (exact) mass is 372 g/mol. The summed E-state index contributed by atoms with van der Waals surface area (Å²) in [6.45, 7) is 0.132. The second-order valence-corrected chi connectivity index (χ2v) is 5.74. The van der Waals surface area contributed by atoms with Crippen LogP contribution in [0.3, 0.4) is 0 Å². The molecule has 6 heteroatoms. The van der Waals surface area contributed by atoms with E-state index in [0.29, 0.717) is 15.7 Å². The van der Waals surface area contributed by atoms with Gasteiger partial charge in [-0.05, 0) is 24.3 Å². The van der Waals surface area contributed by atoms with E-state index in [1.54, 1.807) is 12.1 Å². The van der Waals surface area contributed by atoms with Crippen LogP contribution >= 0.6 is 39.1 Å². The molecule has 0 aliphatic rings. The van der Waals surface area contributed by atoms with Crippen LogP contribution in [-0.2, 0) is 4.79 Å². The molecule has 2 N–H and O–H groups in total. The second-order valence-electron chi connectivity index (χ2n) is 4.01. The summed E-state index contributed by atoms with van der Waals surface area (Å²) in [6.07, 6.45) is 0. The van der Waals surface area contributed by atoms with E-state index in [2.05, 4.69) is 26.6 Å². The smallest absolute Gasteiger partial charge is 0.243 e. The fourth-order valence-corrected chi connectivity index (χ4v) is 2.89. The molecule has 0 unspecified atom stereocenters. The minimum absolute atomic E-state index is 0.132. The summed E-state index contributed by atoms with van der Waals surface area (Å²) in [5, 5.41) is 6.47. The zero-order valence-corrected chi connectivity index (χ0v) is 13.4. The quantitative estimate of drug-likeness (QED) is 0.807. The highest BCUT2D eigenvalue weighted by molar-refractivity contribution is 9.10. The molecule has 0 saturated heterocycles. The molecule has 0 spiro atoms. The highest BCUT2D eigenvalue weighted by Gasteiger charge is 2.10. The summed E-state index contributed by atoms with van der Waals surface area (Å²) in [5.41, 5.74) is 1.28.